The van der Waals surface area contributed by atoms with Crippen LogP contribution in [-0.2, 0) is 16.1 Å². The van der Waals surface area contributed by atoms with Gasteiger partial charge in [0.2, 0.25) is 11.8 Å². The summed E-state index contributed by atoms with van der Waals surface area (Å²) < 4.78 is 5.13. The van der Waals surface area contributed by atoms with Gasteiger partial charge in [-0.2, -0.15) is 0 Å². The summed E-state index contributed by atoms with van der Waals surface area (Å²) in [4.78, 5) is 35.2. The first-order chi connectivity index (χ1) is 12.0. The third kappa shape index (κ3) is 3.61. The van der Waals surface area contributed by atoms with E-state index in [0.717, 1.165) is 0 Å². The maximum absolute atomic E-state index is 12.6. The minimum absolute atomic E-state index is 0.0770. The van der Waals surface area contributed by atoms with Crippen molar-refractivity contribution in [3.8, 4) is 5.75 Å². The van der Waals surface area contributed by atoms with Crippen molar-refractivity contribution in [2.45, 2.75) is 13.0 Å². The monoisotopic (exact) mass is 362 g/mol. The van der Waals surface area contributed by atoms with E-state index >= 15 is 0 Å². The zero-order chi connectivity index (χ0) is 18.0. The zero-order valence-corrected chi connectivity index (χ0v) is 14.8. The number of anilines is 1. The number of methoxy groups -OCH3 is 1. The van der Waals surface area contributed by atoms with Gasteiger partial charge in [0.05, 0.1) is 24.6 Å². The van der Waals surface area contributed by atoms with Gasteiger partial charge in [-0.1, -0.05) is 11.6 Å². The first-order valence-corrected chi connectivity index (χ1v) is 8.24. The Morgan fingerprint density at radius 3 is 2.96 bits per heavy atom. The molecule has 7 nitrogen and oxygen atoms in total. The maximum Gasteiger partial charge on any atom is 0.228 e. The minimum Gasteiger partial charge on any atom is -0.495 e. The molecule has 0 aliphatic carbocycles. The number of hydrogen-bond donors (Lipinski definition) is 1. The number of H-pyrrole nitrogens is 1. The van der Waals surface area contributed by atoms with Crippen molar-refractivity contribution >= 4 is 29.1 Å². The van der Waals surface area contributed by atoms with Crippen molar-refractivity contribution in [1.82, 2.24) is 14.9 Å². The number of carbonyl (C=O) groups excluding carboxylic acids is 2. The van der Waals surface area contributed by atoms with Gasteiger partial charge >= 0.3 is 0 Å². The predicted molar refractivity (Wildman–Crippen MR) is 93.5 cm³/mol. The Hall–Kier alpha value is -2.54. The van der Waals surface area contributed by atoms with E-state index in [-0.39, 0.29) is 24.2 Å². The number of carbonyl (C=O) groups is 2. The highest BCUT2D eigenvalue weighted by Gasteiger charge is 2.36. The van der Waals surface area contributed by atoms with E-state index in [2.05, 4.69) is 9.97 Å². The average molecular weight is 363 g/mol. The van der Waals surface area contributed by atoms with Gasteiger partial charge in [0.25, 0.3) is 0 Å². The molecule has 1 aliphatic heterocycles. The molecular formula is C17H19ClN4O3. The quantitative estimate of drug-likeness (QED) is 0.883. The van der Waals surface area contributed by atoms with Gasteiger partial charge in [0, 0.05) is 38.1 Å². The molecule has 1 atom stereocenters. The molecular weight excluding hydrogens is 344 g/mol. The number of amides is 2. The van der Waals surface area contributed by atoms with Gasteiger partial charge in [0.1, 0.15) is 11.6 Å². The molecule has 2 amide bonds. The minimum atomic E-state index is -0.381. The molecule has 8 heteroatoms. The van der Waals surface area contributed by atoms with Crippen LogP contribution in [0.5, 0.6) is 5.75 Å². The number of halogens is 1. The number of ether oxygens (including phenoxy) is 1. The van der Waals surface area contributed by atoms with Crippen LogP contribution in [0.25, 0.3) is 0 Å². The smallest absolute Gasteiger partial charge is 0.228 e. The number of nitrogens with zero attached hydrogens (tertiary/aromatic N) is 3. The summed E-state index contributed by atoms with van der Waals surface area (Å²) in [5, 5.41) is 0.428. The van der Waals surface area contributed by atoms with E-state index in [0.29, 0.717) is 35.4 Å². The van der Waals surface area contributed by atoms with Crippen LogP contribution in [0.1, 0.15) is 12.2 Å². The lowest BCUT2D eigenvalue weighted by Crippen LogP contribution is -2.34. The summed E-state index contributed by atoms with van der Waals surface area (Å²) in [6, 6.07) is 5.16. The molecule has 0 spiro atoms. The molecule has 1 aliphatic rings. The number of rotatable bonds is 5. The summed E-state index contributed by atoms with van der Waals surface area (Å²) in [7, 11) is 3.24. The second-order valence-electron chi connectivity index (χ2n) is 5.95. The van der Waals surface area contributed by atoms with E-state index < -0.39 is 0 Å². The van der Waals surface area contributed by atoms with E-state index in [1.54, 1.807) is 47.4 Å². The van der Waals surface area contributed by atoms with E-state index in [4.69, 9.17) is 16.3 Å². The van der Waals surface area contributed by atoms with Crippen molar-refractivity contribution < 1.29 is 14.3 Å². The van der Waals surface area contributed by atoms with Gasteiger partial charge in [0.15, 0.2) is 0 Å². The fraction of sp³-hybridized carbons (Fsp3) is 0.353. The van der Waals surface area contributed by atoms with E-state index in [1.165, 1.54) is 7.11 Å². The molecule has 25 heavy (non-hydrogen) atoms. The number of aromatic nitrogens is 2. The largest absolute Gasteiger partial charge is 0.495 e. The van der Waals surface area contributed by atoms with E-state index in [1.807, 2.05) is 0 Å². The molecule has 0 saturated carbocycles. The maximum atomic E-state index is 12.6. The third-order valence-electron chi connectivity index (χ3n) is 4.24. The first-order valence-electron chi connectivity index (χ1n) is 7.86. The lowest BCUT2D eigenvalue weighted by atomic mass is 10.1. The van der Waals surface area contributed by atoms with Crippen LogP contribution >= 0.6 is 11.6 Å². The molecule has 132 valence electrons. The summed E-state index contributed by atoms with van der Waals surface area (Å²) in [6.45, 7) is 0.716. The molecule has 1 aromatic heterocycles. The number of imidazole rings is 1. The van der Waals surface area contributed by atoms with Crippen molar-refractivity contribution in [3.63, 3.8) is 0 Å². The molecule has 2 heterocycles. The lowest BCUT2D eigenvalue weighted by molar-refractivity contribution is -0.135. The Balaban J connectivity index is 1.69. The Kier molecular flexibility index (Phi) is 4.94. The van der Waals surface area contributed by atoms with Gasteiger partial charge in [-0.25, -0.2) is 4.98 Å². The normalized spacial score (nSPS) is 17.0. The van der Waals surface area contributed by atoms with Crippen molar-refractivity contribution in [1.29, 1.82) is 0 Å². The predicted octanol–water partition coefficient (Wildman–Crippen LogP) is 2.08. The molecule has 3 rings (SSSR count). The Morgan fingerprint density at radius 1 is 1.52 bits per heavy atom. The number of aromatic amines is 1. The van der Waals surface area contributed by atoms with Gasteiger partial charge < -0.3 is 19.5 Å². The standard InChI is InChI=1S/C17H19ClN4O3/c1-21(10-15-19-5-6-20-15)17(24)11-7-16(23)22(9-11)12-3-4-14(25-2)13(18)8-12/h3-6,8,11H,7,9-10H2,1-2H3,(H,19,20)/t11-/m1/s1. The highest BCUT2D eigenvalue weighted by Crippen LogP contribution is 2.32. The molecule has 1 aromatic carbocycles. The third-order valence-corrected chi connectivity index (χ3v) is 4.53. The van der Waals surface area contributed by atoms with Gasteiger partial charge in [-0.05, 0) is 18.2 Å². The van der Waals surface area contributed by atoms with Crippen LogP contribution in [0.4, 0.5) is 5.69 Å². The highest BCUT2D eigenvalue weighted by molar-refractivity contribution is 6.32. The number of benzene rings is 1. The summed E-state index contributed by atoms with van der Waals surface area (Å²) in [6.07, 6.45) is 3.54. The summed E-state index contributed by atoms with van der Waals surface area (Å²) in [5.41, 5.74) is 0.666. The van der Waals surface area contributed by atoms with Crippen LogP contribution in [0, 0.1) is 5.92 Å². The van der Waals surface area contributed by atoms with Crippen LogP contribution < -0.4 is 9.64 Å². The molecule has 1 saturated heterocycles. The second kappa shape index (κ2) is 7.14. The molecule has 2 aromatic rings. The second-order valence-corrected chi connectivity index (χ2v) is 6.36. The van der Waals surface area contributed by atoms with Crippen LogP contribution in [-0.4, -0.2) is 47.4 Å². The molecule has 0 radical (unpaired) electrons. The molecule has 1 N–H and O–H groups in total. The Labute approximate surface area is 150 Å². The molecule has 0 bridgehead atoms. The Morgan fingerprint density at radius 2 is 2.32 bits per heavy atom. The van der Waals surface area contributed by atoms with Crippen LogP contribution in [0.3, 0.4) is 0 Å². The van der Waals surface area contributed by atoms with Crippen LogP contribution in [0.15, 0.2) is 30.6 Å². The van der Waals surface area contributed by atoms with Gasteiger partial charge in [-0.3, -0.25) is 9.59 Å². The fourth-order valence-electron chi connectivity index (χ4n) is 2.94. The number of nitrogens with one attached hydrogen (secondary N) is 1. The zero-order valence-electron chi connectivity index (χ0n) is 14.0. The fourth-order valence-corrected chi connectivity index (χ4v) is 3.20. The average Bonchev–Trinajstić information content (AvgIpc) is 3.23. The lowest BCUT2D eigenvalue weighted by Gasteiger charge is -2.21. The molecule has 0 unspecified atom stereocenters. The van der Waals surface area contributed by atoms with Crippen molar-refractivity contribution in [2.24, 2.45) is 5.92 Å². The topological polar surface area (TPSA) is 78.5 Å². The first kappa shape index (κ1) is 17.3. The van der Waals surface area contributed by atoms with Crippen molar-refractivity contribution in [2.75, 3.05) is 25.6 Å². The highest BCUT2D eigenvalue weighted by atomic mass is 35.5. The summed E-state index contributed by atoms with van der Waals surface area (Å²) >= 11 is 6.14. The van der Waals surface area contributed by atoms with Gasteiger partial charge in [-0.15, -0.1) is 0 Å². The molecule has 1 fully saturated rings. The summed E-state index contributed by atoms with van der Waals surface area (Å²) in [5.74, 6) is 0.702. The van der Waals surface area contributed by atoms with Crippen molar-refractivity contribution in [3.05, 3.63) is 41.4 Å². The van der Waals surface area contributed by atoms with Crippen LogP contribution in [0.2, 0.25) is 5.02 Å². The number of hydrogen-bond acceptors (Lipinski definition) is 4. The SMILES string of the molecule is COc1ccc(N2C[C@H](C(=O)N(C)Cc3ncc[nH]3)CC2=O)cc1Cl. The van der Waals surface area contributed by atoms with E-state index in [9.17, 15) is 9.59 Å². The Bertz CT molecular complexity index is 778.